The quantitative estimate of drug-likeness (QED) is 0.778. The number of pyridine rings is 1. The molecule has 0 radical (unpaired) electrons. The van der Waals surface area contributed by atoms with Crippen LogP contribution in [0, 0.1) is 0 Å². The molecule has 1 aromatic carbocycles. The lowest BCUT2D eigenvalue weighted by molar-refractivity contribution is 0.148. The molecule has 3 aromatic rings. The zero-order valence-corrected chi connectivity index (χ0v) is 13.9. The lowest BCUT2D eigenvalue weighted by Gasteiger charge is -2.32. The summed E-state index contributed by atoms with van der Waals surface area (Å²) in [4.78, 5) is 12.4. The second-order valence-corrected chi connectivity index (χ2v) is 6.53. The Morgan fingerprint density at radius 3 is 2.62 bits per heavy atom. The van der Waals surface area contributed by atoms with E-state index in [0.717, 1.165) is 54.9 Å². The first kappa shape index (κ1) is 15.2. The maximum absolute atomic E-state index is 10.2. The Kier molecular flexibility index (Phi) is 3.96. The standard InChI is InChI=1S/C19H22N4O/c1-22-8-10-23(11-9-22)13-14-6-7-17(20-12-14)18-15-4-2-3-5-16(15)21-19(18)24/h2-7,12,21,24H,8-11,13H2,1H3. The number of benzene rings is 1. The van der Waals surface area contributed by atoms with Gasteiger partial charge in [-0.15, -0.1) is 0 Å². The predicted octanol–water partition coefficient (Wildman–Crippen LogP) is 2.68. The first-order chi connectivity index (χ1) is 11.7. The minimum atomic E-state index is 0.176. The Bertz CT molecular complexity index is 832. The van der Waals surface area contributed by atoms with Crippen LogP contribution in [0.4, 0.5) is 0 Å². The van der Waals surface area contributed by atoms with E-state index in [1.807, 2.05) is 36.5 Å². The smallest absolute Gasteiger partial charge is 0.199 e. The van der Waals surface area contributed by atoms with Crippen LogP contribution >= 0.6 is 0 Å². The van der Waals surface area contributed by atoms with E-state index in [2.05, 4.69) is 32.9 Å². The Morgan fingerprint density at radius 1 is 1.08 bits per heavy atom. The minimum absolute atomic E-state index is 0.176. The largest absolute Gasteiger partial charge is 0.494 e. The van der Waals surface area contributed by atoms with Crippen molar-refractivity contribution in [2.24, 2.45) is 0 Å². The lowest BCUT2D eigenvalue weighted by atomic mass is 10.1. The van der Waals surface area contributed by atoms with Crippen LogP contribution in [0.3, 0.4) is 0 Å². The van der Waals surface area contributed by atoms with Crippen molar-refractivity contribution in [2.45, 2.75) is 6.54 Å². The van der Waals surface area contributed by atoms with Crippen molar-refractivity contribution < 1.29 is 5.11 Å². The SMILES string of the molecule is CN1CCN(Cc2ccc(-c3c(O)[nH]c4ccccc34)nc2)CC1. The number of aromatic hydroxyl groups is 1. The molecule has 0 atom stereocenters. The molecule has 0 amide bonds. The van der Waals surface area contributed by atoms with Crippen LogP contribution < -0.4 is 0 Å². The number of para-hydroxylation sites is 1. The molecule has 0 bridgehead atoms. The van der Waals surface area contributed by atoms with Gasteiger partial charge in [0, 0.05) is 49.8 Å². The number of aromatic amines is 1. The molecule has 0 aliphatic carbocycles. The molecule has 124 valence electrons. The van der Waals surface area contributed by atoms with Gasteiger partial charge in [-0.2, -0.15) is 0 Å². The highest BCUT2D eigenvalue weighted by atomic mass is 16.3. The van der Waals surface area contributed by atoms with E-state index in [1.165, 1.54) is 5.56 Å². The number of piperazine rings is 1. The molecule has 1 aliphatic rings. The topological polar surface area (TPSA) is 55.4 Å². The van der Waals surface area contributed by atoms with Crippen molar-refractivity contribution in [2.75, 3.05) is 33.2 Å². The Hall–Kier alpha value is -2.37. The molecule has 3 heterocycles. The number of rotatable bonds is 3. The molecular formula is C19H22N4O. The van der Waals surface area contributed by atoms with Crippen LogP contribution in [0.5, 0.6) is 5.88 Å². The fourth-order valence-electron chi connectivity index (χ4n) is 3.32. The average Bonchev–Trinajstić information content (AvgIpc) is 2.93. The number of H-pyrrole nitrogens is 1. The first-order valence-corrected chi connectivity index (χ1v) is 8.36. The zero-order chi connectivity index (χ0) is 16.5. The summed E-state index contributed by atoms with van der Waals surface area (Å²) >= 11 is 0. The number of aromatic nitrogens is 2. The van der Waals surface area contributed by atoms with Crippen molar-refractivity contribution in [1.29, 1.82) is 0 Å². The zero-order valence-electron chi connectivity index (χ0n) is 13.9. The van der Waals surface area contributed by atoms with Gasteiger partial charge in [0.2, 0.25) is 0 Å². The molecule has 2 aromatic heterocycles. The van der Waals surface area contributed by atoms with Gasteiger partial charge in [0.15, 0.2) is 5.88 Å². The third-order valence-corrected chi connectivity index (χ3v) is 4.77. The van der Waals surface area contributed by atoms with E-state index < -0.39 is 0 Å². The van der Waals surface area contributed by atoms with E-state index in [0.29, 0.717) is 0 Å². The second-order valence-electron chi connectivity index (χ2n) is 6.53. The highest BCUT2D eigenvalue weighted by Crippen LogP contribution is 2.35. The van der Waals surface area contributed by atoms with Gasteiger partial charge in [0.25, 0.3) is 0 Å². The third kappa shape index (κ3) is 2.88. The van der Waals surface area contributed by atoms with Gasteiger partial charge in [0.1, 0.15) is 0 Å². The van der Waals surface area contributed by atoms with Gasteiger partial charge in [-0.1, -0.05) is 24.3 Å². The second kappa shape index (κ2) is 6.26. The number of hydrogen-bond donors (Lipinski definition) is 2. The van der Waals surface area contributed by atoms with E-state index in [-0.39, 0.29) is 5.88 Å². The van der Waals surface area contributed by atoms with Gasteiger partial charge in [0.05, 0.1) is 11.3 Å². The van der Waals surface area contributed by atoms with Crippen LogP contribution in [-0.4, -0.2) is 58.1 Å². The molecule has 0 unspecified atom stereocenters. The number of likely N-dealkylation sites (N-methyl/N-ethyl adjacent to an activating group) is 1. The van der Waals surface area contributed by atoms with Gasteiger partial charge in [-0.25, -0.2) is 0 Å². The van der Waals surface area contributed by atoms with Crippen molar-refractivity contribution in [3.05, 3.63) is 48.2 Å². The molecule has 2 N–H and O–H groups in total. The minimum Gasteiger partial charge on any atom is -0.494 e. The fraction of sp³-hybridized carbons (Fsp3) is 0.316. The highest BCUT2D eigenvalue weighted by molar-refractivity contribution is 5.97. The first-order valence-electron chi connectivity index (χ1n) is 8.36. The molecule has 0 spiro atoms. The molecule has 5 heteroatoms. The van der Waals surface area contributed by atoms with Gasteiger partial charge >= 0.3 is 0 Å². The van der Waals surface area contributed by atoms with Crippen LogP contribution in [0.2, 0.25) is 0 Å². The van der Waals surface area contributed by atoms with Gasteiger partial charge < -0.3 is 15.0 Å². The Morgan fingerprint density at radius 2 is 1.88 bits per heavy atom. The summed E-state index contributed by atoms with van der Waals surface area (Å²) in [6, 6.07) is 12.0. The van der Waals surface area contributed by atoms with Crippen molar-refractivity contribution in [3.63, 3.8) is 0 Å². The van der Waals surface area contributed by atoms with E-state index in [4.69, 9.17) is 0 Å². The summed E-state index contributed by atoms with van der Waals surface area (Å²) in [7, 11) is 2.17. The van der Waals surface area contributed by atoms with Crippen molar-refractivity contribution in [1.82, 2.24) is 19.8 Å². The molecule has 0 saturated carbocycles. The van der Waals surface area contributed by atoms with Crippen LogP contribution in [-0.2, 0) is 6.54 Å². The lowest BCUT2D eigenvalue weighted by Crippen LogP contribution is -2.43. The summed E-state index contributed by atoms with van der Waals surface area (Å²) < 4.78 is 0. The maximum Gasteiger partial charge on any atom is 0.199 e. The van der Waals surface area contributed by atoms with Crippen LogP contribution in [0.1, 0.15) is 5.56 Å². The molecule has 5 nitrogen and oxygen atoms in total. The molecule has 4 rings (SSSR count). The molecule has 1 saturated heterocycles. The summed E-state index contributed by atoms with van der Waals surface area (Å²) in [5.41, 5.74) is 3.71. The molecule has 1 fully saturated rings. The molecule has 24 heavy (non-hydrogen) atoms. The summed E-state index contributed by atoms with van der Waals surface area (Å²) in [5.74, 6) is 0.176. The average molecular weight is 322 g/mol. The molecule has 1 aliphatic heterocycles. The van der Waals surface area contributed by atoms with Crippen LogP contribution in [0.25, 0.3) is 22.2 Å². The monoisotopic (exact) mass is 322 g/mol. The summed E-state index contributed by atoms with van der Waals surface area (Å²) in [6.45, 7) is 5.37. The normalized spacial score (nSPS) is 16.7. The van der Waals surface area contributed by atoms with E-state index in [9.17, 15) is 5.11 Å². The number of fused-ring (bicyclic) bond motifs is 1. The highest BCUT2D eigenvalue weighted by Gasteiger charge is 2.16. The van der Waals surface area contributed by atoms with E-state index >= 15 is 0 Å². The number of nitrogens with one attached hydrogen (secondary N) is 1. The predicted molar refractivity (Wildman–Crippen MR) is 96.0 cm³/mol. The third-order valence-electron chi connectivity index (χ3n) is 4.77. The van der Waals surface area contributed by atoms with E-state index in [1.54, 1.807) is 0 Å². The number of nitrogens with zero attached hydrogens (tertiary/aromatic N) is 3. The van der Waals surface area contributed by atoms with Gasteiger partial charge in [-0.05, 0) is 24.7 Å². The van der Waals surface area contributed by atoms with Crippen molar-refractivity contribution >= 4 is 10.9 Å². The Balaban J connectivity index is 1.56. The molecular weight excluding hydrogens is 300 g/mol. The number of hydrogen-bond acceptors (Lipinski definition) is 4. The van der Waals surface area contributed by atoms with Crippen LogP contribution in [0.15, 0.2) is 42.6 Å². The Labute approximate surface area is 141 Å². The summed E-state index contributed by atoms with van der Waals surface area (Å²) in [5, 5.41) is 11.2. The summed E-state index contributed by atoms with van der Waals surface area (Å²) in [6.07, 6.45) is 1.93. The van der Waals surface area contributed by atoms with Crippen molar-refractivity contribution in [3.8, 4) is 17.1 Å². The van der Waals surface area contributed by atoms with Gasteiger partial charge in [-0.3, -0.25) is 9.88 Å². The fourth-order valence-corrected chi connectivity index (χ4v) is 3.32. The maximum atomic E-state index is 10.2.